The number of amides is 1. The Hall–Kier alpha value is -3.08. The van der Waals surface area contributed by atoms with Crippen LogP contribution in [0, 0.1) is 5.41 Å². The molecule has 2 aromatic rings. The van der Waals surface area contributed by atoms with Gasteiger partial charge in [-0.2, -0.15) is 18.3 Å². The fourth-order valence-electron chi connectivity index (χ4n) is 2.80. The number of nitrogens with zero attached hydrogens (tertiary/aromatic N) is 3. The van der Waals surface area contributed by atoms with Crippen molar-refractivity contribution in [1.29, 1.82) is 5.41 Å². The molecule has 28 heavy (non-hydrogen) atoms. The molecule has 0 unspecified atom stereocenters. The number of aromatic amines is 1. The van der Waals surface area contributed by atoms with Gasteiger partial charge in [0.1, 0.15) is 11.5 Å². The maximum absolute atomic E-state index is 13.0. The van der Waals surface area contributed by atoms with E-state index in [-0.39, 0.29) is 5.69 Å². The third kappa shape index (κ3) is 4.60. The molecule has 0 radical (unpaired) electrons. The standard InChI is InChI=1S/C17H20F3N7O/c1-26-10-13(15(25-26)17(18,19)20)24-16(28)12-4-2-11(23-12)3-5-14(21)27-8-6-22-7-9-27/h2-5,10,21-23H,6-9H2,1H3,(H,24,28)/b5-3-,21-14?. The number of aryl methyl sites for hydroxylation is 1. The molecule has 0 atom stereocenters. The molecule has 1 saturated heterocycles. The number of piperazine rings is 1. The summed E-state index contributed by atoms with van der Waals surface area (Å²) in [6.07, 6.45) is -0.314. The Morgan fingerprint density at radius 3 is 2.71 bits per heavy atom. The molecular formula is C17H20F3N7O. The lowest BCUT2D eigenvalue weighted by Gasteiger charge is -2.28. The summed E-state index contributed by atoms with van der Waals surface area (Å²) < 4.78 is 39.9. The number of H-pyrrole nitrogens is 1. The number of aromatic nitrogens is 3. The van der Waals surface area contributed by atoms with E-state index in [2.05, 4.69) is 20.7 Å². The first-order valence-corrected chi connectivity index (χ1v) is 8.57. The van der Waals surface area contributed by atoms with Gasteiger partial charge in [0.25, 0.3) is 5.91 Å². The minimum atomic E-state index is -4.67. The summed E-state index contributed by atoms with van der Waals surface area (Å²) >= 11 is 0. The van der Waals surface area contributed by atoms with Crippen LogP contribution < -0.4 is 10.6 Å². The molecule has 1 fully saturated rings. The van der Waals surface area contributed by atoms with Gasteiger partial charge in [0.15, 0.2) is 5.69 Å². The van der Waals surface area contributed by atoms with Crippen LogP contribution in [0.15, 0.2) is 24.4 Å². The van der Waals surface area contributed by atoms with Crippen molar-refractivity contribution in [2.75, 3.05) is 31.5 Å². The second-order valence-corrected chi connectivity index (χ2v) is 6.30. The molecule has 0 spiro atoms. The number of alkyl halides is 3. The first-order valence-electron chi connectivity index (χ1n) is 8.57. The Balaban J connectivity index is 1.66. The number of halogens is 3. The molecule has 3 heterocycles. The van der Waals surface area contributed by atoms with Crippen LogP contribution in [-0.2, 0) is 13.2 Å². The van der Waals surface area contributed by atoms with E-state index < -0.39 is 23.5 Å². The van der Waals surface area contributed by atoms with Crippen LogP contribution in [0.2, 0.25) is 0 Å². The second-order valence-electron chi connectivity index (χ2n) is 6.30. The van der Waals surface area contributed by atoms with Gasteiger partial charge < -0.3 is 20.5 Å². The molecule has 150 valence electrons. The lowest BCUT2D eigenvalue weighted by atomic mass is 10.3. The molecule has 0 bridgehead atoms. The highest BCUT2D eigenvalue weighted by Gasteiger charge is 2.37. The fourth-order valence-corrected chi connectivity index (χ4v) is 2.80. The summed E-state index contributed by atoms with van der Waals surface area (Å²) in [6, 6.07) is 3.08. The Labute approximate surface area is 158 Å². The number of anilines is 1. The molecule has 1 aliphatic rings. The molecule has 4 N–H and O–H groups in total. The van der Waals surface area contributed by atoms with Crippen molar-refractivity contribution in [2.24, 2.45) is 7.05 Å². The molecule has 0 saturated carbocycles. The van der Waals surface area contributed by atoms with Crippen molar-refractivity contribution >= 4 is 23.5 Å². The van der Waals surface area contributed by atoms with E-state index in [9.17, 15) is 18.0 Å². The highest BCUT2D eigenvalue weighted by molar-refractivity contribution is 6.03. The Bertz CT molecular complexity index is 891. The van der Waals surface area contributed by atoms with Gasteiger partial charge in [0.05, 0.1) is 5.69 Å². The zero-order chi connectivity index (χ0) is 20.3. The monoisotopic (exact) mass is 395 g/mol. The smallest absolute Gasteiger partial charge is 0.355 e. The van der Waals surface area contributed by atoms with E-state index in [1.54, 1.807) is 18.2 Å². The zero-order valence-corrected chi connectivity index (χ0v) is 15.1. The Morgan fingerprint density at radius 1 is 1.32 bits per heavy atom. The van der Waals surface area contributed by atoms with Crippen molar-refractivity contribution in [3.63, 3.8) is 0 Å². The van der Waals surface area contributed by atoms with Gasteiger partial charge in [0, 0.05) is 45.1 Å². The quantitative estimate of drug-likeness (QED) is 0.469. The van der Waals surface area contributed by atoms with Crippen molar-refractivity contribution < 1.29 is 18.0 Å². The number of rotatable bonds is 4. The van der Waals surface area contributed by atoms with E-state index in [4.69, 9.17) is 5.41 Å². The summed E-state index contributed by atoms with van der Waals surface area (Å²) in [4.78, 5) is 17.0. The maximum atomic E-state index is 13.0. The molecule has 1 amide bonds. The average molecular weight is 395 g/mol. The fraction of sp³-hybridized carbons (Fsp3) is 0.353. The minimum absolute atomic E-state index is 0.102. The molecule has 8 nitrogen and oxygen atoms in total. The third-order valence-corrected chi connectivity index (χ3v) is 4.18. The largest absolute Gasteiger partial charge is 0.437 e. The normalized spacial score (nSPS) is 15.2. The number of hydrogen-bond donors (Lipinski definition) is 4. The minimum Gasteiger partial charge on any atom is -0.355 e. The SMILES string of the molecule is Cn1cc(NC(=O)c2ccc(/C=C\C(=N)N3CCNCC3)[nH]2)c(C(F)(F)F)n1. The summed E-state index contributed by atoms with van der Waals surface area (Å²) in [5.74, 6) is -0.359. The molecular weight excluding hydrogens is 375 g/mol. The van der Waals surface area contributed by atoms with Crippen molar-refractivity contribution in [3.05, 3.63) is 41.5 Å². The van der Waals surface area contributed by atoms with Crippen LogP contribution in [0.4, 0.5) is 18.9 Å². The lowest BCUT2D eigenvalue weighted by molar-refractivity contribution is -0.140. The number of amidine groups is 1. The number of carbonyl (C=O) groups excluding carboxylic acids is 1. The van der Waals surface area contributed by atoms with Gasteiger partial charge in [-0.3, -0.25) is 14.9 Å². The summed E-state index contributed by atoms with van der Waals surface area (Å²) in [5.41, 5.74) is -0.899. The summed E-state index contributed by atoms with van der Waals surface area (Å²) in [5, 5.41) is 16.8. The predicted molar refractivity (Wildman–Crippen MR) is 98.2 cm³/mol. The first kappa shape index (κ1) is 19.7. The van der Waals surface area contributed by atoms with Crippen LogP contribution in [0.25, 0.3) is 6.08 Å². The maximum Gasteiger partial charge on any atom is 0.437 e. The van der Waals surface area contributed by atoms with Crippen molar-refractivity contribution in [2.45, 2.75) is 6.18 Å². The predicted octanol–water partition coefficient (Wildman–Crippen LogP) is 1.91. The van der Waals surface area contributed by atoms with Gasteiger partial charge in [-0.15, -0.1) is 0 Å². The van der Waals surface area contributed by atoms with Crippen molar-refractivity contribution in [1.82, 2.24) is 25.0 Å². The van der Waals surface area contributed by atoms with E-state index in [0.717, 1.165) is 37.1 Å². The second kappa shape index (κ2) is 7.89. The highest BCUT2D eigenvalue weighted by Crippen LogP contribution is 2.33. The first-order chi connectivity index (χ1) is 13.2. The van der Waals surface area contributed by atoms with Gasteiger partial charge in [-0.25, -0.2) is 0 Å². The summed E-state index contributed by atoms with van der Waals surface area (Å²) in [7, 11) is 1.34. The Morgan fingerprint density at radius 2 is 2.04 bits per heavy atom. The molecule has 0 aromatic carbocycles. The highest BCUT2D eigenvalue weighted by atomic mass is 19.4. The summed E-state index contributed by atoms with van der Waals surface area (Å²) in [6.45, 7) is 3.12. The van der Waals surface area contributed by atoms with E-state index in [0.29, 0.717) is 11.5 Å². The van der Waals surface area contributed by atoms with E-state index in [1.165, 1.54) is 13.1 Å². The van der Waals surface area contributed by atoms with Crippen LogP contribution in [0.5, 0.6) is 0 Å². The molecule has 0 aliphatic carbocycles. The number of carbonyl (C=O) groups is 1. The van der Waals surface area contributed by atoms with Crippen LogP contribution in [0.3, 0.4) is 0 Å². The van der Waals surface area contributed by atoms with Gasteiger partial charge >= 0.3 is 6.18 Å². The van der Waals surface area contributed by atoms with Crippen LogP contribution >= 0.6 is 0 Å². The average Bonchev–Trinajstić information content (AvgIpc) is 3.27. The van der Waals surface area contributed by atoms with Crippen LogP contribution in [0.1, 0.15) is 21.9 Å². The third-order valence-electron chi connectivity index (χ3n) is 4.18. The topological polar surface area (TPSA) is 102 Å². The van der Waals surface area contributed by atoms with E-state index >= 15 is 0 Å². The molecule has 3 rings (SSSR count). The van der Waals surface area contributed by atoms with E-state index in [1.807, 2.05) is 4.90 Å². The Kier molecular flexibility index (Phi) is 5.54. The lowest BCUT2D eigenvalue weighted by Crippen LogP contribution is -2.45. The number of nitrogens with one attached hydrogen (secondary N) is 4. The molecule has 11 heteroatoms. The van der Waals surface area contributed by atoms with Crippen molar-refractivity contribution in [3.8, 4) is 0 Å². The van der Waals surface area contributed by atoms with Gasteiger partial charge in [-0.05, 0) is 24.3 Å². The van der Waals surface area contributed by atoms with Crippen LogP contribution in [-0.4, -0.2) is 57.6 Å². The molecule has 2 aromatic heterocycles. The van der Waals surface area contributed by atoms with Gasteiger partial charge in [0.2, 0.25) is 0 Å². The molecule has 1 aliphatic heterocycles. The number of hydrogen-bond acceptors (Lipinski definition) is 4. The zero-order valence-electron chi connectivity index (χ0n) is 15.1. The van der Waals surface area contributed by atoms with Gasteiger partial charge in [-0.1, -0.05) is 0 Å².